The molecule has 0 aliphatic rings. The van der Waals surface area contributed by atoms with E-state index in [0.717, 1.165) is 6.07 Å². The lowest BCUT2D eigenvalue weighted by Gasteiger charge is -2.17. The monoisotopic (exact) mass is 475 g/mol. The van der Waals surface area contributed by atoms with Gasteiger partial charge in [0.1, 0.15) is 5.82 Å². The molecule has 0 heterocycles. The molecule has 0 aliphatic heterocycles. The van der Waals surface area contributed by atoms with E-state index in [1.54, 1.807) is 12.1 Å². The summed E-state index contributed by atoms with van der Waals surface area (Å²) in [5.74, 6) is -1.47. The summed E-state index contributed by atoms with van der Waals surface area (Å²) in [6, 6.07) is 16.9. The van der Waals surface area contributed by atoms with E-state index < -0.39 is 27.7 Å². The first-order valence-corrected chi connectivity index (χ1v) is 11.2. The van der Waals surface area contributed by atoms with E-state index in [-0.39, 0.29) is 22.7 Å². The molecule has 3 aromatic carbocycles. The Labute approximate surface area is 189 Å². The average molecular weight is 476 g/mol. The maximum atomic E-state index is 13.2. The highest BCUT2D eigenvalue weighted by molar-refractivity contribution is 7.92. The van der Waals surface area contributed by atoms with Crippen LogP contribution >= 0.6 is 11.6 Å². The van der Waals surface area contributed by atoms with Gasteiger partial charge in [0.25, 0.3) is 15.9 Å². The minimum absolute atomic E-state index is 0.0319. The Morgan fingerprint density at radius 3 is 2.25 bits per heavy atom. The number of hydrogen-bond donors (Lipinski definition) is 2. The highest BCUT2D eigenvalue weighted by Crippen LogP contribution is 2.19. The summed E-state index contributed by atoms with van der Waals surface area (Å²) in [6.45, 7) is -0.270. The van der Waals surface area contributed by atoms with Crippen molar-refractivity contribution >= 4 is 44.8 Å². The third-order valence-corrected chi connectivity index (χ3v) is 5.99. The third-order valence-electron chi connectivity index (χ3n) is 4.34. The summed E-state index contributed by atoms with van der Waals surface area (Å²) in [6.07, 6.45) is 0. The lowest BCUT2D eigenvalue weighted by molar-refractivity contribution is -0.116. The van der Waals surface area contributed by atoms with Gasteiger partial charge in [0.15, 0.2) is 0 Å². The molecule has 0 unspecified atom stereocenters. The van der Waals surface area contributed by atoms with Crippen molar-refractivity contribution < 1.29 is 22.4 Å². The van der Waals surface area contributed by atoms with Crippen LogP contribution in [0.25, 0.3) is 0 Å². The molecule has 0 atom stereocenters. The fourth-order valence-corrected chi connectivity index (χ4v) is 3.97. The molecule has 3 aromatic rings. The van der Waals surface area contributed by atoms with Crippen molar-refractivity contribution in [3.8, 4) is 0 Å². The smallest absolute Gasteiger partial charge is 0.261 e. The Bertz CT molecular complexity index is 1230. The summed E-state index contributed by atoms with van der Waals surface area (Å²) in [7, 11) is -2.43. The number of carbonyl (C=O) groups is 2. The largest absolute Gasteiger partial charge is 0.332 e. The molecular weight excluding hydrogens is 457 g/mol. The Kier molecular flexibility index (Phi) is 7.12. The number of nitrogens with zero attached hydrogens (tertiary/aromatic N) is 1. The predicted octanol–water partition coefficient (Wildman–Crippen LogP) is 3.99. The summed E-state index contributed by atoms with van der Waals surface area (Å²) >= 11 is 5.80. The molecule has 2 N–H and O–H groups in total. The molecule has 0 saturated carbocycles. The van der Waals surface area contributed by atoms with Gasteiger partial charge in [-0.05, 0) is 66.7 Å². The fourth-order valence-electron chi connectivity index (χ4n) is 2.78. The van der Waals surface area contributed by atoms with E-state index in [0.29, 0.717) is 10.7 Å². The SMILES string of the molecule is CN(CC(=O)Nc1cccc(F)c1)C(=O)c1ccc(S(=O)(=O)Nc2ccc(Cl)cc2)cc1. The van der Waals surface area contributed by atoms with Crippen LogP contribution < -0.4 is 10.0 Å². The topological polar surface area (TPSA) is 95.6 Å². The number of carbonyl (C=O) groups excluding carboxylic acids is 2. The molecule has 3 rings (SSSR count). The molecule has 10 heteroatoms. The molecule has 2 amide bonds. The van der Waals surface area contributed by atoms with Gasteiger partial charge in [-0.15, -0.1) is 0 Å². The highest BCUT2D eigenvalue weighted by Gasteiger charge is 2.18. The van der Waals surface area contributed by atoms with E-state index in [1.165, 1.54) is 66.5 Å². The van der Waals surface area contributed by atoms with Crippen molar-refractivity contribution in [2.24, 2.45) is 0 Å². The molecule has 0 fully saturated rings. The number of anilines is 2. The predicted molar refractivity (Wildman–Crippen MR) is 121 cm³/mol. The van der Waals surface area contributed by atoms with Gasteiger partial charge in [-0.25, -0.2) is 12.8 Å². The van der Waals surface area contributed by atoms with Crippen molar-refractivity contribution in [3.05, 3.63) is 89.2 Å². The number of hydrogen-bond acceptors (Lipinski definition) is 4. The lowest BCUT2D eigenvalue weighted by atomic mass is 10.2. The number of rotatable bonds is 7. The first-order valence-electron chi connectivity index (χ1n) is 9.33. The van der Waals surface area contributed by atoms with Gasteiger partial charge >= 0.3 is 0 Å². The first kappa shape index (κ1) is 23.2. The zero-order chi connectivity index (χ0) is 23.3. The summed E-state index contributed by atoms with van der Waals surface area (Å²) in [4.78, 5) is 25.8. The molecule has 0 aliphatic carbocycles. The Morgan fingerprint density at radius 1 is 0.969 bits per heavy atom. The van der Waals surface area contributed by atoms with Crippen LogP contribution in [-0.2, 0) is 14.8 Å². The Balaban J connectivity index is 1.63. The van der Waals surface area contributed by atoms with Crippen molar-refractivity contribution in [2.75, 3.05) is 23.6 Å². The zero-order valence-corrected chi connectivity index (χ0v) is 18.5. The van der Waals surface area contributed by atoms with Crippen molar-refractivity contribution in [3.63, 3.8) is 0 Å². The number of benzene rings is 3. The number of sulfonamides is 1. The number of nitrogens with one attached hydrogen (secondary N) is 2. The van der Waals surface area contributed by atoms with E-state index in [1.807, 2.05) is 0 Å². The molecule has 0 radical (unpaired) electrons. The number of halogens is 2. The standard InChI is InChI=1S/C22H19ClFN3O4S/c1-27(14-21(28)25-19-4-2-3-17(24)13-19)22(29)15-5-11-20(12-6-15)32(30,31)26-18-9-7-16(23)8-10-18/h2-13,26H,14H2,1H3,(H,25,28). The van der Waals surface area contributed by atoms with Gasteiger partial charge in [-0.2, -0.15) is 0 Å². The Hall–Kier alpha value is -3.43. The minimum atomic E-state index is -3.86. The van der Waals surface area contributed by atoms with Crippen LogP contribution in [0.4, 0.5) is 15.8 Å². The molecular formula is C22H19ClFN3O4S. The maximum absolute atomic E-state index is 13.2. The minimum Gasteiger partial charge on any atom is -0.332 e. The zero-order valence-electron chi connectivity index (χ0n) is 16.9. The normalized spacial score (nSPS) is 11.0. The first-order chi connectivity index (χ1) is 15.1. The van der Waals surface area contributed by atoms with Gasteiger partial charge in [0.2, 0.25) is 5.91 Å². The van der Waals surface area contributed by atoms with Crippen LogP contribution in [0.1, 0.15) is 10.4 Å². The van der Waals surface area contributed by atoms with Gasteiger partial charge in [0.05, 0.1) is 11.4 Å². The van der Waals surface area contributed by atoms with Crippen LogP contribution in [0.3, 0.4) is 0 Å². The fraction of sp³-hybridized carbons (Fsp3) is 0.0909. The molecule has 7 nitrogen and oxygen atoms in total. The number of amides is 2. The van der Waals surface area contributed by atoms with Crippen LogP contribution in [0.5, 0.6) is 0 Å². The molecule has 0 bridgehead atoms. The van der Waals surface area contributed by atoms with E-state index in [9.17, 15) is 22.4 Å². The molecule has 0 saturated heterocycles. The average Bonchev–Trinajstić information content (AvgIpc) is 2.74. The second-order valence-corrected chi connectivity index (χ2v) is 8.98. The number of likely N-dealkylation sites (N-methyl/N-ethyl adjacent to an activating group) is 1. The lowest BCUT2D eigenvalue weighted by Crippen LogP contribution is -2.35. The third kappa shape index (κ3) is 6.05. The summed E-state index contributed by atoms with van der Waals surface area (Å²) in [5, 5.41) is 2.98. The molecule has 32 heavy (non-hydrogen) atoms. The highest BCUT2D eigenvalue weighted by atomic mass is 35.5. The van der Waals surface area contributed by atoms with Crippen LogP contribution in [0, 0.1) is 5.82 Å². The molecule has 166 valence electrons. The van der Waals surface area contributed by atoms with E-state index >= 15 is 0 Å². The van der Waals surface area contributed by atoms with Crippen LogP contribution in [0.2, 0.25) is 5.02 Å². The molecule has 0 spiro atoms. The van der Waals surface area contributed by atoms with Crippen LogP contribution in [0.15, 0.2) is 77.7 Å². The van der Waals surface area contributed by atoms with E-state index in [4.69, 9.17) is 11.6 Å². The molecule has 0 aromatic heterocycles. The van der Waals surface area contributed by atoms with Gasteiger partial charge in [0, 0.05) is 29.0 Å². The van der Waals surface area contributed by atoms with Crippen molar-refractivity contribution in [1.82, 2.24) is 4.90 Å². The van der Waals surface area contributed by atoms with Crippen LogP contribution in [-0.4, -0.2) is 38.7 Å². The Morgan fingerprint density at radius 2 is 1.62 bits per heavy atom. The van der Waals surface area contributed by atoms with Crippen molar-refractivity contribution in [1.29, 1.82) is 0 Å². The van der Waals surface area contributed by atoms with Gasteiger partial charge < -0.3 is 10.2 Å². The summed E-state index contributed by atoms with van der Waals surface area (Å²) < 4.78 is 40.7. The van der Waals surface area contributed by atoms with Crippen molar-refractivity contribution in [2.45, 2.75) is 4.90 Å². The quantitative estimate of drug-likeness (QED) is 0.540. The second kappa shape index (κ2) is 9.80. The van der Waals surface area contributed by atoms with E-state index in [2.05, 4.69) is 10.0 Å². The maximum Gasteiger partial charge on any atom is 0.261 e. The second-order valence-electron chi connectivity index (χ2n) is 6.86. The summed E-state index contributed by atoms with van der Waals surface area (Å²) in [5.41, 5.74) is 0.827. The van der Waals surface area contributed by atoms with Gasteiger partial charge in [-0.1, -0.05) is 17.7 Å². The van der Waals surface area contributed by atoms with Gasteiger partial charge in [-0.3, -0.25) is 14.3 Å².